The van der Waals surface area contributed by atoms with Crippen molar-refractivity contribution in [2.75, 3.05) is 16.6 Å². The van der Waals surface area contributed by atoms with Crippen molar-refractivity contribution in [2.45, 2.75) is 38.0 Å². The lowest BCUT2D eigenvalue weighted by molar-refractivity contribution is 0.102. The maximum absolute atomic E-state index is 12.9. The first-order valence-electron chi connectivity index (χ1n) is 10.2. The zero-order chi connectivity index (χ0) is 24.2. The Balaban J connectivity index is 1.79. The molecule has 0 aliphatic carbocycles. The lowest BCUT2D eigenvalue weighted by Crippen LogP contribution is -2.18. The van der Waals surface area contributed by atoms with E-state index >= 15 is 0 Å². The molecule has 0 spiro atoms. The Morgan fingerprint density at radius 2 is 1.67 bits per heavy atom. The molecule has 0 saturated carbocycles. The summed E-state index contributed by atoms with van der Waals surface area (Å²) in [5.41, 5.74) is 0.497. The minimum absolute atomic E-state index is 0.00568. The van der Waals surface area contributed by atoms with Gasteiger partial charge in [-0.2, -0.15) is 0 Å². The topological polar surface area (TPSA) is 110 Å². The van der Waals surface area contributed by atoms with Gasteiger partial charge in [0, 0.05) is 11.1 Å². The number of halogens is 1. The highest BCUT2D eigenvalue weighted by atomic mass is 35.5. The Labute approximate surface area is 198 Å². The molecule has 3 rings (SSSR count). The minimum atomic E-state index is -3.96. The number of aromatic nitrogens is 2. The number of amides is 1. The van der Waals surface area contributed by atoms with Crippen LogP contribution in [0.2, 0.25) is 5.02 Å². The molecule has 2 aromatic carbocycles. The van der Waals surface area contributed by atoms with E-state index in [0.717, 1.165) is 0 Å². The van der Waals surface area contributed by atoms with Crippen LogP contribution in [0, 0.1) is 0 Å². The number of nitrogens with one attached hydrogen (secondary N) is 2. The molecule has 0 aliphatic rings. The summed E-state index contributed by atoms with van der Waals surface area (Å²) in [7, 11) is -3.96. The van der Waals surface area contributed by atoms with E-state index in [4.69, 9.17) is 16.3 Å². The van der Waals surface area contributed by atoms with Crippen LogP contribution in [-0.2, 0) is 15.4 Å². The molecule has 1 amide bonds. The van der Waals surface area contributed by atoms with Crippen molar-refractivity contribution in [3.05, 3.63) is 71.3 Å². The van der Waals surface area contributed by atoms with Gasteiger partial charge in [-0.3, -0.25) is 9.52 Å². The number of nitrogens with zero attached hydrogens (tertiary/aromatic N) is 2. The van der Waals surface area contributed by atoms with E-state index in [2.05, 4.69) is 20.0 Å². The molecule has 0 atom stereocenters. The third kappa shape index (κ3) is 6.21. The maximum Gasteiger partial charge on any atom is 0.261 e. The van der Waals surface area contributed by atoms with Crippen LogP contribution in [0.5, 0.6) is 5.75 Å². The average molecular weight is 489 g/mol. The van der Waals surface area contributed by atoms with Gasteiger partial charge in [-0.15, -0.1) is 0 Å². The molecule has 0 saturated heterocycles. The Kier molecular flexibility index (Phi) is 7.24. The van der Waals surface area contributed by atoms with Crippen LogP contribution in [0.1, 0.15) is 43.9 Å². The summed E-state index contributed by atoms with van der Waals surface area (Å²) in [6.45, 7) is 8.31. The first-order chi connectivity index (χ1) is 15.5. The first-order valence-corrected chi connectivity index (χ1v) is 12.0. The summed E-state index contributed by atoms with van der Waals surface area (Å²) >= 11 is 6.18. The monoisotopic (exact) mass is 488 g/mol. The van der Waals surface area contributed by atoms with Crippen molar-refractivity contribution in [1.29, 1.82) is 0 Å². The van der Waals surface area contributed by atoms with Gasteiger partial charge in [-0.05, 0) is 49.4 Å². The second-order valence-corrected chi connectivity index (χ2v) is 10.3. The van der Waals surface area contributed by atoms with E-state index in [-0.39, 0.29) is 20.9 Å². The number of ether oxygens (including phenoxy) is 1. The predicted octanol–water partition coefficient (Wildman–Crippen LogP) is 4.88. The van der Waals surface area contributed by atoms with Crippen LogP contribution in [0.15, 0.2) is 59.8 Å². The molecule has 8 nitrogen and oxygen atoms in total. The average Bonchev–Trinajstić information content (AvgIpc) is 2.75. The van der Waals surface area contributed by atoms with Crippen LogP contribution in [0.25, 0.3) is 0 Å². The Hall–Kier alpha value is -3.17. The van der Waals surface area contributed by atoms with E-state index in [1.54, 1.807) is 24.3 Å². The quantitative estimate of drug-likeness (QED) is 0.490. The summed E-state index contributed by atoms with van der Waals surface area (Å²) in [5.74, 6) is 0.683. The number of sulfonamides is 1. The zero-order valence-electron chi connectivity index (χ0n) is 18.7. The number of benzene rings is 2. The molecule has 3 aromatic rings. The molecule has 0 radical (unpaired) electrons. The molecule has 10 heteroatoms. The predicted molar refractivity (Wildman–Crippen MR) is 129 cm³/mol. The lowest BCUT2D eigenvalue weighted by Gasteiger charge is -2.16. The molecule has 1 aromatic heterocycles. The van der Waals surface area contributed by atoms with Gasteiger partial charge in [-0.25, -0.2) is 18.4 Å². The molecular formula is C23H25ClN4O4S. The largest absolute Gasteiger partial charge is 0.494 e. The third-order valence-corrected chi connectivity index (χ3v) is 6.20. The van der Waals surface area contributed by atoms with Gasteiger partial charge in [0.15, 0.2) is 0 Å². The number of carbonyl (C=O) groups is 1. The molecule has 2 N–H and O–H groups in total. The first kappa shape index (κ1) is 24.5. The van der Waals surface area contributed by atoms with Crippen molar-refractivity contribution in [1.82, 2.24) is 9.97 Å². The van der Waals surface area contributed by atoms with E-state index < -0.39 is 15.9 Å². The van der Waals surface area contributed by atoms with Gasteiger partial charge in [-0.1, -0.05) is 32.4 Å². The number of rotatable bonds is 7. The summed E-state index contributed by atoms with van der Waals surface area (Å²) in [6, 6.07) is 10.4. The third-order valence-electron chi connectivity index (χ3n) is 4.49. The Bertz CT molecular complexity index is 1240. The van der Waals surface area contributed by atoms with Gasteiger partial charge in [0.2, 0.25) is 0 Å². The van der Waals surface area contributed by atoms with Gasteiger partial charge >= 0.3 is 0 Å². The van der Waals surface area contributed by atoms with Crippen molar-refractivity contribution in [3.8, 4) is 5.75 Å². The van der Waals surface area contributed by atoms with Crippen molar-refractivity contribution < 1.29 is 17.9 Å². The van der Waals surface area contributed by atoms with Gasteiger partial charge in [0.25, 0.3) is 15.9 Å². The maximum atomic E-state index is 12.9. The second-order valence-electron chi connectivity index (χ2n) is 8.20. The highest BCUT2D eigenvalue weighted by Crippen LogP contribution is 2.25. The van der Waals surface area contributed by atoms with E-state index in [9.17, 15) is 13.2 Å². The van der Waals surface area contributed by atoms with Crippen LogP contribution in [0.4, 0.5) is 11.4 Å². The molecule has 0 bridgehead atoms. The molecule has 1 heterocycles. The summed E-state index contributed by atoms with van der Waals surface area (Å²) < 4.78 is 33.5. The van der Waals surface area contributed by atoms with Gasteiger partial charge in [0.1, 0.15) is 11.6 Å². The lowest BCUT2D eigenvalue weighted by atomic mass is 9.96. The highest BCUT2D eigenvalue weighted by molar-refractivity contribution is 7.92. The van der Waals surface area contributed by atoms with E-state index in [1.807, 2.05) is 27.7 Å². The molecule has 33 heavy (non-hydrogen) atoms. The van der Waals surface area contributed by atoms with Crippen molar-refractivity contribution in [2.24, 2.45) is 0 Å². The van der Waals surface area contributed by atoms with Crippen LogP contribution < -0.4 is 14.8 Å². The van der Waals surface area contributed by atoms with E-state index in [0.29, 0.717) is 29.6 Å². The second kappa shape index (κ2) is 9.76. The van der Waals surface area contributed by atoms with Crippen LogP contribution >= 0.6 is 11.6 Å². The smallest absolute Gasteiger partial charge is 0.261 e. The van der Waals surface area contributed by atoms with Crippen LogP contribution in [0.3, 0.4) is 0 Å². The van der Waals surface area contributed by atoms with Gasteiger partial charge < -0.3 is 10.1 Å². The van der Waals surface area contributed by atoms with Crippen molar-refractivity contribution >= 4 is 38.9 Å². The fourth-order valence-corrected chi connectivity index (χ4v) is 4.11. The normalized spacial score (nSPS) is 11.7. The molecule has 0 aliphatic heterocycles. The highest BCUT2D eigenvalue weighted by Gasteiger charge is 2.20. The summed E-state index contributed by atoms with van der Waals surface area (Å²) in [5, 5.41) is 2.76. The fourth-order valence-electron chi connectivity index (χ4n) is 2.82. The summed E-state index contributed by atoms with van der Waals surface area (Å²) in [6.07, 6.45) is 2.99. The zero-order valence-corrected chi connectivity index (χ0v) is 20.3. The van der Waals surface area contributed by atoms with E-state index in [1.165, 1.54) is 30.6 Å². The molecule has 0 fully saturated rings. The number of hydrogen-bond donors (Lipinski definition) is 2. The number of carbonyl (C=O) groups excluding carboxylic acids is 1. The Morgan fingerprint density at radius 3 is 2.24 bits per heavy atom. The minimum Gasteiger partial charge on any atom is -0.494 e. The molecular weight excluding hydrogens is 464 g/mol. The molecule has 174 valence electrons. The van der Waals surface area contributed by atoms with Crippen LogP contribution in [-0.4, -0.2) is 30.9 Å². The Morgan fingerprint density at radius 1 is 1.03 bits per heavy atom. The summed E-state index contributed by atoms with van der Waals surface area (Å²) in [4.78, 5) is 21.2. The fraction of sp³-hybridized carbons (Fsp3) is 0.261. The van der Waals surface area contributed by atoms with Crippen molar-refractivity contribution in [3.63, 3.8) is 0 Å². The standard InChI is InChI=1S/C23H25ClN4O4S/c1-5-32-17-8-6-15(7-9-17)28-33(30,31)18-10-11-20(24)19(12-18)21(29)27-16-13-25-22(26-14-16)23(2,3)4/h6-14,28H,5H2,1-4H3,(H,27,29). The number of anilines is 2. The number of hydrogen-bond acceptors (Lipinski definition) is 6. The molecule has 0 unspecified atom stereocenters. The van der Waals surface area contributed by atoms with Gasteiger partial charge in [0.05, 0.1) is 40.2 Å². The SMILES string of the molecule is CCOc1ccc(NS(=O)(=O)c2ccc(Cl)c(C(=O)Nc3cnc(C(C)(C)C)nc3)c2)cc1.